The molecule has 3 N–H and O–H groups in total. The molecule has 150 valence electrons. The van der Waals surface area contributed by atoms with Crippen LogP contribution < -0.4 is 11.1 Å². The smallest absolute Gasteiger partial charge is 0.270 e. The summed E-state index contributed by atoms with van der Waals surface area (Å²) in [6, 6.07) is 12.0. The van der Waals surface area contributed by atoms with Crippen LogP contribution in [0.3, 0.4) is 0 Å². The van der Waals surface area contributed by atoms with Gasteiger partial charge in [0.1, 0.15) is 10.9 Å². The normalized spacial score (nSPS) is 16.9. The molecule has 1 aromatic carbocycles. The van der Waals surface area contributed by atoms with E-state index in [0.717, 1.165) is 0 Å². The number of pyridine rings is 1. The number of nitrogens with zero attached hydrogens (tertiary/aromatic N) is 2. The summed E-state index contributed by atoms with van der Waals surface area (Å²) in [7, 11) is 0. The van der Waals surface area contributed by atoms with Gasteiger partial charge < -0.3 is 16.0 Å². The van der Waals surface area contributed by atoms with Crippen molar-refractivity contribution in [3.63, 3.8) is 0 Å². The second-order valence-electron chi connectivity index (χ2n) is 6.75. The number of primary amides is 1. The third-order valence-corrected chi connectivity index (χ3v) is 5.03. The van der Waals surface area contributed by atoms with Gasteiger partial charge in [0.25, 0.3) is 11.8 Å². The van der Waals surface area contributed by atoms with Crippen LogP contribution in [0, 0.1) is 5.92 Å². The minimum atomic E-state index is -0.434. The van der Waals surface area contributed by atoms with Gasteiger partial charge in [0.15, 0.2) is 0 Å². The molecule has 1 fully saturated rings. The molecule has 2 heterocycles. The van der Waals surface area contributed by atoms with Crippen LogP contribution in [0.25, 0.3) is 6.08 Å². The number of likely N-dealkylation sites (tertiary alicyclic amines) is 1. The number of nitrogens with one attached hydrogen (secondary N) is 1. The molecule has 29 heavy (non-hydrogen) atoms. The highest BCUT2D eigenvalue weighted by Gasteiger charge is 2.29. The number of piperidine rings is 1. The highest BCUT2D eigenvalue weighted by Crippen LogP contribution is 2.20. The number of rotatable bonds is 5. The number of halogens is 1. The van der Waals surface area contributed by atoms with E-state index in [-0.39, 0.29) is 17.4 Å². The van der Waals surface area contributed by atoms with Gasteiger partial charge in [-0.05, 0) is 37.1 Å². The molecular weight excluding hydrogens is 392 g/mol. The van der Waals surface area contributed by atoms with Crippen molar-refractivity contribution in [1.82, 2.24) is 15.2 Å². The summed E-state index contributed by atoms with van der Waals surface area (Å²) in [6.45, 7) is 0.690. The molecule has 3 amide bonds. The zero-order chi connectivity index (χ0) is 20.8. The van der Waals surface area contributed by atoms with Crippen molar-refractivity contribution in [3.8, 4) is 0 Å². The Morgan fingerprint density at radius 3 is 2.62 bits per heavy atom. The van der Waals surface area contributed by atoms with Crippen LogP contribution in [0.2, 0.25) is 5.15 Å². The lowest BCUT2D eigenvalue weighted by Crippen LogP contribution is -2.46. The Balaban J connectivity index is 1.90. The predicted octanol–water partition coefficient (Wildman–Crippen LogP) is 2.23. The number of carbonyl (C=O) groups is 3. The molecule has 1 aliphatic heterocycles. The van der Waals surface area contributed by atoms with Crippen LogP contribution in [-0.2, 0) is 9.59 Å². The summed E-state index contributed by atoms with van der Waals surface area (Å²) < 4.78 is 0. The molecule has 2 aromatic rings. The van der Waals surface area contributed by atoms with Gasteiger partial charge in [-0.2, -0.15) is 0 Å². The maximum atomic E-state index is 13.2. The number of carbonyl (C=O) groups excluding carboxylic acids is 3. The zero-order valence-corrected chi connectivity index (χ0v) is 16.4. The first-order chi connectivity index (χ1) is 14.0. The third-order valence-electron chi connectivity index (χ3n) is 4.71. The Bertz CT molecular complexity index is 946. The van der Waals surface area contributed by atoms with E-state index < -0.39 is 23.6 Å². The van der Waals surface area contributed by atoms with Crippen molar-refractivity contribution in [2.24, 2.45) is 11.7 Å². The lowest BCUT2D eigenvalue weighted by atomic mass is 9.97. The molecule has 1 saturated heterocycles. The fraction of sp³-hybridized carbons (Fsp3) is 0.238. The number of aromatic nitrogens is 1. The highest BCUT2D eigenvalue weighted by molar-refractivity contribution is 6.31. The number of benzene rings is 1. The molecule has 0 radical (unpaired) electrons. The molecule has 0 spiro atoms. The van der Waals surface area contributed by atoms with Crippen molar-refractivity contribution in [2.75, 3.05) is 13.1 Å². The van der Waals surface area contributed by atoms with E-state index in [4.69, 9.17) is 17.3 Å². The van der Waals surface area contributed by atoms with E-state index >= 15 is 0 Å². The molecule has 0 unspecified atom stereocenters. The lowest BCUT2D eigenvalue weighted by molar-refractivity contribution is -0.131. The molecular formula is C21H21ClN4O3. The van der Waals surface area contributed by atoms with E-state index in [9.17, 15) is 14.4 Å². The summed E-state index contributed by atoms with van der Waals surface area (Å²) in [5, 5.41) is 2.89. The van der Waals surface area contributed by atoms with E-state index in [1.807, 2.05) is 0 Å². The van der Waals surface area contributed by atoms with Gasteiger partial charge in [-0.3, -0.25) is 14.4 Å². The third kappa shape index (κ3) is 5.20. The Kier molecular flexibility index (Phi) is 6.61. The first-order valence-corrected chi connectivity index (χ1v) is 9.60. The number of hydrogen-bond donors (Lipinski definition) is 2. The summed E-state index contributed by atoms with van der Waals surface area (Å²) >= 11 is 6.12. The highest BCUT2D eigenvalue weighted by atomic mass is 35.5. The van der Waals surface area contributed by atoms with Crippen molar-refractivity contribution in [1.29, 1.82) is 0 Å². The Morgan fingerprint density at radius 2 is 1.93 bits per heavy atom. The average molecular weight is 413 g/mol. The van der Waals surface area contributed by atoms with E-state index in [0.29, 0.717) is 30.5 Å². The lowest BCUT2D eigenvalue weighted by Gasteiger charge is -2.32. The van der Waals surface area contributed by atoms with Gasteiger partial charge in [0, 0.05) is 30.4 Å². The van der Waals surface area contributed by atoms with Gasteiger partial charge in [0.2, 0.25) is 5.91 Å². The fourth-order valence-corrected chi connectivity index (χ4v) is 3.34. The summed E-state index contributed by atoms with van der Waals surface area (Å²) in [5.74, 6) is -1.66. The zero-order valence-electron chi connectivity index (χ0n) is 15.7. The summed E-state index contributed by atoms with van der Waals surface area (Å²) in [5.41, 5.74) is 6.38. The van der Waals surface area contributed by atoms with Gasteiger partial charge in [0.05, 0.1) is 5.92 Å². The van der Waals surface area contributed by atoms with Crippen molar-refractivity contribution in [2.45, 2.75) is 12.8 Å². The second kappa shape index (κ2) is 9.34. The predicted molar refractivity (Wildman–Crippen MR) is 110 cm³/mol. The van der Waals surface area contributed by atoms with Crippen molar-refractivity contribution in [3.05, 3.63) is 70.6 Å². The van der Waals surface area contributed by atoms with E-state index in [2.05, 4.69) is 10.3 Å². The number of hydrogen-bond acceptors (Lipinski definition) is 4. The fourth-order valence-electron chi connectivity index (χ4n) is 3.16. The standard InChI is InChI=1S/C21H21ClN4O3/c22-18-15(8-4-10-24-18)12-17(25-20(28)14-6-2-1-3-7-14)21(29)26-11-5-9-16(13-26)19(23)27/h1-4,6-8,10,12,16H,5,9,11,13H2,(H2,23,27)(H,25,28)/b17-12-/t16-/m0/s1. The quantitative estimate of drug-likeness (QED) is 0.580. The maximum absolute atomic E-state index is 13.2. The number of nitrogens with two attached hydrogens (primary N) is 1. The molecule has 1 aromatic heterocycles. The number of amides is 3. The summed E-state index contributed by atoms with van der Waals surface area (Å²) in [6.07, 6.45) is 4.33. The molecule has 8 heteroatoms. The minimum absolute atomic E-state index is 0.0545. The second-order valence-corrected chi connectivity index (χ2v) is 7.11. The van der Waals surface area contributed by atoms with Gasteiger partial charge in [-0.1, -0.05) is 35.9 Å². The molecule has 1 aliphatic rings. The van der Waals surface area contributed by atoms with Crippen LogP contribution in [-0.4, -0.2) is 40.7 Å². The molecule has 0 saturated carbocycles. The SMILES string of the molecule is NC(=O)[C@H]1CCCN(C(=O)/C(=C/c2cccnc2Cl)NC(=O)c2ccccc2)C1. The van der Waals surface area contributed by atoms with Crippen LogP contribution in [0.5, 0.6) is 0 Å². The molecule has 7 nitrogen and oxygen atoms in total. The van der Waals surface area contributed by atoms with Crippen LogP contribution >= 0.6 is 11.6 Å². The monoisotopic (exact) mass is 412 g/mol. The van der Waals surface area contributed by atoms with Gasteiger partial charge >= 0.3 is 0 Å². The van der Waals surface area contributed by atoms with Crippen molar-refractivity contribution < 1.29 is 14.4 Å². The Hall–Kier alpha value is -3.19. The van der Waals surface area contributed by atoms with Crippen LogP contribution in [0.1, 0.15) is 28.8 Å². The minimum Gasteiger partial charge on any atom is -0.369 e. The molecule has 1 atom stereocenters. The molecule has 0 bridgehead atoms. The average Bonchev–Trinajstić information content (AvgIpc) is 2.75. The van der Waals surface area contributed by atoms with Gasteiger partial charge in [-0.25, -0.2) is 4.98 Å². The van der Waals surface area contributed by atoms with Crippen molar-refractivity contribution >= 4 is 35.4 Å². The first kappa shape index (κ1) is 20.5. The largest absolute Gasteiger partial charge is 0.369 e. The van der Waals surface area contributed by atoms with E-state index in [1.165, 1.54) is 17.2 Å². The summed E-state index contributed by atoms with van der Waals surface area (Å²) in [4.78, 5) is 42.9. The topological polar surface area (TPSA) is 105 Å². The Labute approximate surface area is 173 Å². The van der Waals surface area contributed by atoms with Crippen LogP contribution in [0.4, 0.5) is 0 Å². The van der Waals surface area contributed by atoms with Crippen LogP contribution in [0.15, 0.2) is 54.4 Å². The molecule has 0 aliphatic carbocycles. The first-order valence-electron chi connectivity index (χ1n) is 9.23. The maximum Gasteiger partial charge on any atom is 0.270 e. The Morgan fingerprint density at radius 1 is 1.17 bits per heavy atom. The van der Waals surface area contributed by atoms with Gasteiger partial charge in [-0.15, -0.1) is 0 Å². The molecule has 3 rings (SSSR count). The van der Waals surface area contributed by atoms with E-state index in [1.54, 1.807) is 42.5 Å².